The molecule has 1 aromatic heterocycles. The van der Waals surface area contributed by atoms with Gasteiger partial charge in [0, 0.05) is 29.4 Å². The minimum atomic E-state index is -0.419. The Labute approximate surface area is 197 Å². The molecule has 1 aliphatic rings. The molecule has 3 aromatic rings. The number of carbonyl (C=O) groups is 2. The van der Waals surface area contributed by atoms with Crippen molar-refractivity contribution in [2.75, 3.05) is 43.1 Å². The van der Waals surface area contributed by atoms with E-state index < -0.39 is 11.9 Å². The molecule has 0 atom stereocenters. The van der Waals surface area contributed by atoms with Crippen LogP contribution in [0.2, 0.25) is 5.02 Å². The normalized spacial score (nSPS) is 13.6. The van der Waals surface area contributed by atoms with E-state index in [1.54, 1.807) is 36.4 Å². The quantitative estimate of drug-likeness (QED) is 0.476. The molecule has 1 amide bonds. The molecule has 172 valence electrons. The molecule has 1 N–H and O–H groups in total. The Kier molecular flexibility index (Phi) is 7.32. The smallest absolute Gasteiger partial charge is 0.340 e. The van der Waals surface area contributed by atoms with Crippen molar-refractivity contribution >= 4 is 34.9 Å². The Balaban J connectivity index is 1.54. The molecule has 1 fully saturated rings. The number of benzene rings is 2. The highest BCUT2D eigenvalue weighted by molar-refractivity contribution is 6.30. The van der Waals surface area contributed by atoms with Crippen LogP contribution in [0, 0.1) is 0 Å². The molecule has 33 heavy (non-hydrogen) atoms. The number of hydrogen-bond donors (Lipinski definition) is 1. The van der Waals surface area contributed by atoms with E-state index in [9.17, 15) is 9.59 Å². The fraction of sp³-hybridized carbons (Fsp3) is 0.280. The average molecular weight is 469 g/mol. The molecule has 2 aromatic carbocycles. The minimum absolute atomic E-state index is 0.160. The highest BCUT2D eigenvalue weighted by Crippen LogP contribution is 2.28. The third-order valence-corrected chi connectivity index (χ3v) is 5.47. The van der Waals surface area contributed by atoms with E-state index in [-0.39, 0.29) is 5.76 Å². The second-order valence-corrected chi connectivity index (χ2v) is 8.03. The minimum Gasteiger partial charge on any atom is -0.462 e. The summed E-state index contributed by atoms with van der Waals surface area (Å²) in [6.45, 7) is 4.82. The summed E-state index contributed by atoms with van der Waals surface area (Å²) in [5.41, 5.74) is 2.46. The van der Waals surface area contributed by atoms with Gasteiger partial charge >= 0.3 is 5.97 Å². The van der Waals surface area contributed by atoms with Gasteiger partial charge in [0.25, 0.3) is 5.91 Å². The van der Waals surface area contributed by atoms with Crippen LogP contribution in [0.25, 0.3) is 11.3 Å². The van der Waals surface area contributed by atoms with Crippen molar-refractivity contribution in [2.45, 2.75) is 13.3 Å². The Hall–Kier alpha value is -3.29. The average Bonchev–Trinajstić information content (AvgIpc) is 3.34. The van der Waals surface area contributed by atoms with Gasteiger partial charge in [0.15, 0.2) is 5.76 Å². The van der Waals surface area contributed by atoms with E-state index >= 15 is 0 Å². The summed E-state index contributed by atoms with van der Waals surface area (Å²) in [6, 6.07) is 15.7. The van der Waals surface area contributed by atoms with Crippen molar-refractivity contribution in [3.8, 4) is 11.3 Å². The van der Waals surface area contributed by atoms with Gasteiger partial charge in [0.05, 0.1) is 31.1 Å². The maximum Gasteiger partial charge on any atom is 0.340 e. The molecule has 1 aliphatic heterocycles. The maximum absolute atomic E-state index is 12.8. The Morgan fingerprint density at radius 1 is 1.06 bits per heavy atom. The lowest BCUT2D eigenvalue weighted by atomic mass is 10.1. The van der Waals surface area contributed by atoms with Crippen LogP contribution in [0.3, 0.4) is 0 Å². The van der Waals surface area contributed by atoms with Crippen LogP contribution in [0.15, 0.2) is 59.0 Å². The van der Waals surface area contributed by atoms with Crippen LogP contribution >= 0.6 is 11.6 Å². The molecule has 0 spiro atoms. The van der Waals surface area contributed by atoms with E-state index in [0.29, 0.717) is 54.9 Å². The van der Waals surface area contributed by atoms with Gasteiger partial charge in [-0.05, 0) is 61.0 Å². The first kappa shape index (κ1) is 22.9. The number of esters is 1. The largest absolute Gasteiger partial charge is 0.462 e. The van der Waals surface area contributed by atoms with Gasteiger partial charge in [-0.1, -0.05) is 18.5 Å². The summed E-state index contributed by atoms with van der Waals surface area (Å²) >= 11 is 5.93. The number of furan rings is 1. The molecule has 8 heteroatoms. The SMILES string of the molecule is CCCOC(=O)c1cc(NC(=O)c2ccc(-c3ccc(Cl)cc3)o2)ccc1N1CCOCC1. The molecule has 7 nitrogen and oxygen atoms in total. The van der Waals surface area contributed by atoms with Gasteiger partial charge in [-0.25, -0.2) is 4.79 Å². The summed E-state index contributed by atoms with van der Waals surface area (Å²) in [5.74, 6) is -0.115. The lowest BCUT2D eigenvalue weighted by Gasteiger charge is -2.30. The van der Waals surface area contributed by atoms with Crippen molar-refractivity contribution in [3.05, 3.63) is 70.9 Å². The first-order valence-corrected chi connectivity index (χ1v) is 11.2. The van der Waals surface area contributed by atoms with Crippen molar-refractivity contribution < 1.29 is 23.5 Å². The van der Waals surface area contributed by atoms with Crippen LogP contribution in [0.5, 0.6) is 0 Å². The number of anilines is 2. The molecule has 2 heterocycles. The molecule has 1 saturated heterocycles. The number of rotatable bonds is 7. The zero-order chi connectivity index (χ0) is 23.2. The Morgan fingerprint density at radius 3 is 2.55 bits per heavy atom. The first-order valence-electron chi connectivity index (χ1n) is 10.9. The van der Waals surface area contributed by atoms with Gasteiger partial charge in [-0.2, -0.15) is 0 Å². The van der Waals surface area contributed by atoms with Crippen molar-refractivity contribution in [2.24, 2.45) is 0 Å². The van der Waals surface area contributed by atoms with E-state index in [1.807, 2.05) is 25.1 Å². The number of amides is 1. The van der Waals surface area contributed by atoms with Crippen LogP contribution in [0.1, 0.15) is 34.3 Å². The van der Waals surface area contributed by atoms with E-state index in [1.165, 1.54) is 0 Å². The summed E-state index contributed by atoms with van der Waals surface area (Å²) in [6.07, 6.45) is 0.726. The van der Waals surface area contributed by atoms with Crippen LogP contribution in [-0.4, -0.2) is 44.8 Å². The van der Waals surface area contributed by atoms with Crippen molar-refractivity contribution in [1.82, 2.24) is 0 Å². The lowest BCUT2D eigenvalue weighted by molar-refractivity contribution is 0.0504. The number of nitrogens with zero attached hydrogens (tertiary/aromatic N) is 1. The van der Waals surface area contributed by atoms with Gasteiger partial charge < -0.3 is 24.1 Å². The summed E-state index contributed by atoms with van der Waals surface area (Å²) in [5, 5.41) is 3.43. The molecule has 0 aliphatic carbocycles. The van der Waals surface area contributed by atoms with Gasteiger partial charge in [0.1, 0.15) is 5.76 Å². The number of ether oxygens (including phenoxy) is 2. The number of nitrogens with one attached hydrogen (secondary N) is 1. The van der Waals surface area contributed by atoms with E-state index in [4.69, 9.17) is 25.5 Å². The van der Waals surface area contributed by atoms with Gasteiger partial charge in [-0.3, -0.25) is 4.79 Å². The molecule has 0 unspecified atom stereocenters. The number of morpholine rings is 1. The molecular formula is C25H25ClN2O5. The highest BCUT2D eigenvalue weighted by atomic mass is 35.5. The summed E-state index contributed by atoms with van der Waals surface area (Å²) in [4.78, 5) is 27.6. The molecular weight excluding hydrogens is 444 g/mol. The highest BCUT2D eigenvalue weighted by Gasteiger charge is 2.21. The van der Waals surface area contributed by atoms with Crippen molar-refractivity contribution in [3.63, 3.8) is 0 Å². The van der Waals surface area contributed by atoms with E-state index in [0.717, 1.165) is 17.7 Å². The maximum atomic E-state index is 12.8. The second-order valence-electron chi connectivity index (χ2n) is 7.59. The predicted octanol–water partition coefficient (Wildman–Crippen LogP) is 5.26. The van der Waals surface area contributed by atoms with Crippen LogP contribution < -0.4 is 10.2 Å². The second kappa shape index (κ2) is 10.6. The Bertz CT molecular complexity index is 1120. The predicted molar refractivity (Wildman–Crippen MR) is 127 cm³/mol. The van der Waals surface area contributed by atoms with Crippen molar-refractivity contribution in [1.29, 1.82) is 0 Å². The lowest BCUT2D eigenvalue weighted by Crippen LogP contribution is -2.37. The molecule has 4 rings (SSSR count). The zero-order valence-corrected chi connectivity index (χ0v) is 19.1. The van der Waals surface area contributed by atoms with Gasteiger partial charge in [0.2, 0.25) is 0 Å². The van der Waals surface area contributed by atoms with Crippen LogP contribution in [0.4, 0.5) is 11.4 Å². The molecule has 0 saturated carbocycles. The van der Waals surface area contributed by atoms with Crippen LogP contribution in [-0.2, 0) is 9.47 Å². The third-order valence-electron chi connectivity index (χ3n) is 5.22. The fourth-order valence-corrected chi connectivity index (χ4v) is 3.68. The molecule has 0 radical (unpaired) electrons. The summed E-state index contributed by atoms with van der Waals surface area (Å²) < 4.78 is 16.5. The third kappa shape index (κ3) is 5.56. The van der Waals surface area contributed by atoms with Gasteiger partial charge in [-0.15, -0.1) is 0 Å². The number of halogens is 1. The monoisotopic (exact) mass is 468 g/mol. The van der Waals surface area contributed by atoms with E-state index in [2.05, 4.69) is 10.2 Å². The fourth-order valence-electron chi connectivity index (χ4n) is 3.55. The first-order chi connectivity index (χ1) is 16.0. The molecule has 0 bridgehead atoms. The topological polar surface area (TPSA) is 81.0 Å². The Morgan fingerprint density at radius 2 is 1.82 bits per heavy atom. The number of carbonyl (C=O) groups excluding carboxylic acids is 2. The summed E-state index contributed by atoms with van der Waals surface area (Å²) in [7, 11) is 0. The zero-order valence-electron chi connectivity index (χ0n) is 18.3. The standard InChI is InChI=1S/C25H25ClN2O5/c1-2-13-32-25(30)20-16-19(7-8-21(20)28-11-14-31-15-12-28)27-24(29)23-10-9-22(33-23)17-3-5-18(26)6-4-17/h3-10,16H,2,11-15H2,1H3,(H,27,29). The number of hydrogen-bond acceptors (Lipinski definition) is 6.